The summed E-state index contributed by atoms with van der Waals surface area (Å²) in [5, 5.41) is 10.9. The molecule has 3 aliphatic rings. The average molecular weight is 550 g/mol. The number of carbonyl (C=O) groups excluding carboxylic acids is 1. The molecule has 2 fully saturated rings. The van der Waals surface area contributed by atoms with Crippen LogP contribution in [0.5, 0.6) is 0 Å². The van der Waals surface area contributed by atoms with E-state index in [4.69, 9.17) is 0 Å². The number of nitrogens with zero attached hydrogens (tertiary/aromatic N) is 3. The number of rotatable bonds is 5. The average Bonchev–Trinajstić information content (AvgIpc) is 3.20. The first-order valence-electron chi connectivity index (χ1n) is 14.6. The van der Waals surface area contributed by atoms with Crippen molar-refractivity contribution in [1.29, 1.82) is 0 Å². The third-order valence-corrected chi connectivity index (χ3v) is 9.33. The molecule has 1 aliphatic carbocycles. The molecule has 3 aromatic rings. The van der Waals surface area contributed by atoms with Crippen molar-refractivity contribution >= 4 is 40.9 Å². The number of hydrogen-bond acceptors (Lipinski definition) is 3. The Labute approximate surface area is 237 Å². The van der Waals surface area contributed by atoms with Crippen LogP contribution in [0.2, 0.25) is 0 Å². The van der Waals surface area contributed by atoms with Crippen LogP contribution in [-0.4, -0.2) is 52.6 Å². The van der Waals surface area contributed by atoms with Gasteiger partial charge in [-0.25, -0.2) is 4.79 Å². The molecule has 6 rings (SSSR count). The van der Waals surface area contributed by atoms with E-state index in [1.54, 1.807) is 6.07 Å². The van der Waals surface area contributed by atoms with Gasteiger partial charge < -0.3 is 19.5 Å². The van der Waals surface area contributed by atoms with Crippen molar-refractivity contribution < 1.29 is 14.7 Å². The van der Waals surface area contributed by atoms with Crippen LogP contribution in [0.25, 0.3) is 22.2 Å². The number of carboxylic acid groups (broad SMARTS) is 1. The molecule has 1 saturated heterocycles. The molecule has 208 valence electrons. The van der Waals surface area contributed by atoms with Crippen molar-refractivity contribution in [3.8, 4) is 11.3 Å². The largest absolute Gasteiger partial charge is 0.478 e. The molecule has 1 aromatic heterocycles. The van der Waals surface area contributed by atoms with Gasteiger partial charge in [0, 0.05) is 48.3 Å². The Morgan fingerprint density at radius 3 is 2.38 bits per heavy atom. The fourth-order valence-electron chi connectivity index (χ4n) is 7.15. The normalized spacial score (nSPS) is 18.3. The van der Waals surface area contributed by atoms with Gasteiger partial charge >= 0.3 is 5.97 Å². The molecule has 3 heterocycles. The molecule has 2 aliphatic heterocycles. The van der Waals surface area contributed by atoms with E-state index in [1.165, 1.54) is 55.2 Å². The van der Waals surface area contributed by atoms with Crippen LogP contribution < -0.4 is 4.90 Å². The number of piperidine rings is 1. The summed E-state index contributed by atoms with van der Waals surface area (Å²) in [7, 11) is 0. The summed E-state index contributed by atoms with van der Waals surface area (Å²) in [5.74, 6) is 0.534. The van der Waals surface area contributed by atoms with Crippen LogP contribution in [-0.2, 0) is 11.3 Å². The van der Waals surface area contributed by atoms with Gasteiger partial charge in [-0.05, 0) is 61.3 Å². The minimum absolute atomic E-state index is 0. The lowest BCUT2D eigenvalue weighted by Gasteiger charge is -2.34. The van der Waals surface area contributed by atoms with Crippen molar-refractivity contribution in [2.75, 3.05) is 31.1 Å². The van der Waals surface area contributed by atoms with E-state index in [1.807, 2.05) is 12.1 Å². The number of carboxylic acids is 1. The lowest BCUT2D eigenvalue weighted by atomic mass is 9.81. The fraction of sp³-hybridized carbons (Fsp3) is 0.500. The topological polar surface area (TPSA) is 65.8 Å². The van der Waals surface area contributed by atoms with Gasteiger partial charge in [0.1, 0.15) is 0 Å². The number of anilines is 1. The quantitative estimate of drug-likeness (QED) is 0.374. The van der Waals surface area contributed by atoms with Crippen molar-refractivity contribution in [3.05, 3.63) is 53.6 Å². The maximum Gasteiger partial charge on any atom is 0.335 e. The van der Waals surface area contributed by atoms with Crippen molar-refractivity contribution in [1.82, 2.24) is 9.47 Å². The Morgan fingerprint density at radius 2 is 1.67 bits per heavy atom. The zero-order valence-electron chi connectivity index (χ0n) is 22.9. The highest BCUT2D eigenvalue weighted by molar-refractivity contribution is 6.00. The molecule has 1 saturated carbocycles. The Balaban J connectivity index is 0.00000308. The maximum atomic E-state index is 13.5. The smallest absolute Gasteiger partial charge is 0.335 e. The van der Waals surface area contributed by atoms with E-state index >= 15 is 0 Å². The summed E-state index contributed by atoms with van der Waals surface area (Å²) in [6, 6.07) is 14.2. The van der Waals surface area contributed by atoms with E-state index in [-0.39, 0.29) is 18.3 Å². The molecule has 0 spiro atoms. The molecule has 1 amide bonds. The van der Waals surface area contributed by atoms with E-state index in [9.17, 15) is 14.7 Å². The number of carbonyl (C=O) groups is 2. The van der Waals surface area contributed by atoms with Crippen molar-refractivity contribution in [2.24, 2.45) is 5.92 Å². The summed E-state index contributed by atoms with van der Waals surface area (Å²) < 4.78 is 2.35. The van der Waals surface area contributed by atoms with Crippen LogP contribution in [0.3, 0.4) is 0 Å². The SMILES string of the molecule is CCC1CCN(C(=O)CN2CCn3c(c(C4CCCCC4)c4ccc(C(=O)O)cc43)-c3ccccc32)CC1.Cl. The molecule has 0 radical (unpaired) electrons. The van der Waals surface area contributed by atoms with Gasteiger partial charge in [-0.2, -0.15) is 0 Å². The number of benzene rings is 2. The highest BCUT2D eigenvalue weighted by atomic mass is 35.5. The minimum atomic E-state index is -0.894. The second-order valence-electron chi connectivity index (χ2n) is 11.5. The maximum absolute atomic E-state index is 13.5. The van der Waals surface area contributed by atoms with Gasteiger partial charge in [0.05, 0.1) is 17.8 Å². The Kier molecular flexibility index (Phi) is 8.22. The van der Waals surface area contributed by atoms with E-state index in [0.29, 0.717) is 24.6 Å². The number of amides is 1. The predicted octanol–water partition coefficient (Wildman–Crippen LogP) is 6.94. The highest BCUT2D eigenvalue weighted by Crippen LogP contribution is 2.47. The monoisotopic (exact) mass is 549 g/mol. The second kappa shape index (κ2) is 11.6. The molecule has 7 heteroatoms. The Hall–Kier alpha value is -2.99. The lowest BCUT2D eigenvalue weighted by molar-refractivity contribution is -0.131. The molecule has 0 atom stereocenters. The molecule has 0 unspecified atom stereocenters. The van der Waals surface area contributed by atoms with Crippen molar-refractivity contribution in [2.45, 2.75) is 70.8 Å². The number of para-hydroxylation sites is 1. The predicted molar refractivity (Wildman–Crippen MR) is 159 cm³/mol. The van der Waals surface area contributed by atoms with E-state index < -0.39 is 5.97 Å². The molecule has 6 nitrogen and oxygen atoms in total. The van der Waals surface area contributed by atoms with Crippen LogP contribution in [0.15, 0.2) is 42.5 Å². The van der Waals surface area contributed by atoms with Gasteiger partial charge in [-0.15, -0.1) is 12.4 Å². The number of fused-ring (bicyclic) bond motifs is 5. The summed E-state index contributed by atoms with van der Waals surface area (Å²) in [4.78, 5) is 29.7. The van der Waals surface area contributed by atoms with Crippen LogP contribution >= 0.6 is 12.4 Å². The van der Waals surface area contributed by atoms with Crippen LogP contribution in [0.1, 0.15) is 80.1 Å². The second-order valence-corrected chi connectivity index (χ2v) is 11.5. The van der Waals surface area contributed by atoms with Gasteiger partial charge in [-0.1, -0.05) is 56.9 Å². The van der Waals surface area contributed by atoms with E-state index in [0.717, 1.165) is 55.2 Å². The zero-order chi connectivity index (χ0) is 26.2. The highest BCUT2D eigenvalue weighted by Gasteiger charge is 2.32. The fourth-order valence-corrected chi connectivity index (χ4v) is 7.15. The molecule has 1 N–H and O–H groups in total. The minimum Gasteiger partial charge on any atom is -0.478 e. The number of likely N-dealkylation sites (tertiary alicyclic amines) is 1. The first-order chi connectivity index (χ1) is 18.5. The summed E-state index contributed by atoms with van der Waals surface area (Å²) in [6.45, 7) is 5.79. The van der Waals surface area contributed by atoms with Crippen molar-refractivity contribution in [3.63, 3.8) is 0 Å². The summed E-state index contributed by atoms with van der Waals surface area (Å²) in [6.07, 6.45) is 9.51. The number of halogens is 1. The third kappa shape index (κ3) is 5.16. The number of hydrogen-bond donors (Lipinski definition) is 1. The lowest BCUT2D eigenvalue weighted by Crippen LogP contribution is -2.44. The van der Waals surface area contributed by atoms with Gasteiger partial charge in [0.25, 0.3) is 0 Å². The van der Waals surface area contributed by atoms with Crippen LogP contribution in [0.4, 0.5) is 5.69 Å². The summed E-state index contributed by atoms with van der Waals surface area (Å²) in [5.41, 5.74) is 6.21. The van der Waals surface area contributed by atoms with Gasteiger partial charge in [0.2, 0.25) is 5.91 Å². The first-order valence-corrected chi connectivity index (χ1v) is 14.6. The van der Waals surface area contributed by atoms with Gasteiger partial charge in [-0.3, -0.25) is 4.79 Å². The van der Waals surface area contributed by atoms with Crippen LogP contribution in [0, 0.1) is 5.92 Å². The zero-order valence-corrected chi connectivity index (χ0v) is 23.7. The van der Waals surface area contributed by atoms with Gasteiger partial charge in [0.15, 0.2) is 0 Å². The number of aromatic carboxylic acids is 1. The molecule has 2 aromatic carbocycles. The molecule has 39 heavy (non-hydrogen) atoms. The first kappa shape index (κ1) is 27.6. The molecular weight excluding hydrogens is 510 g/mol. The molecular formula is C32H40ClN3O3. The summed E-state index contributed by atoms with van der Waals surface area (Å²) >= 11 is 0. The Bertz CT molecular complexity index is 1350. The third-order valence-electron chi connectivity index (χ3n) is 9.33. The standard InChI is InChI=1S/C32H39N3O3.ClH/c1-2-22-14-16-33(17-15-22)29(36)21-34-18-19-35-28-20-24(32(37)38)12-13-25(28)30(23-8-4-3-5-9-23)31(35)26-10-6-7-11-27(26)34;/h6-7,10-13,20,22-23H,2-5,8-9,14-19,21H2,1H3,(H,37,38);1H. The Morgan fingerprint density at radius 1 is 0.923 bits per heavy atom. The van der Waals surface area contributed by atoms with E-state index in [2.05, 4.69) is 45.6 Å². The number of aromatic nitrogens is 1. The molecule has 0 bridgehead atoms.